The molecule has 0 saturated carbocycles. The minimum atomic E-state index is -6.10. The predicted molar refractivity (Wildman–Crippen MR) is 51.8 cm³/mol. The number of hydrogen-bond donors (Lipinski definition) is 0. The lowest BCUT2D eigenvalue weighted by atomic mass is 10.0. The van der Waals surface area contributed by atoms with Crippen LogP contribution < -0.4 is 0 Å². The molecule has 0 fully saturated rings. The van der Waals surface area contributed by atoms with Crippen molar-refractivity contribution in [2.24, 2.45) is 0 Å². The molecule has 100 valence electrons. The van der Waals surface area contributed by atoms with Crippen LogP contribution in [0.1, 0.15) is 10.4 Å². The maximum absolute atomic E-state index is 13.0. The number of ketones is 1. The highest BCUT2D eigenvalue weighted by Crippen LogP contribution is 2.40. The number of carbonyl (C=O) groups excluding carboxylic acids is 1. The Hall–Kier alpha value is -0.950. The third-order valence-corrected chi connectivity index (χ3v) is 2.48. The third kappa shape index (κ3) is 2.56. The Bertz CT molecular complexity index is 497. The van der Waals surface area contributed by atoms with Crippen LogP contribution in [0.2, 0.25) is 10.0 Å². The van der Waals surface area contributed by atoms with Gasteiger partial charge >= 0.3 is 12.1 Å². The standard InChI is InChI=1S/C9H2Cl2F6O/c10-3-1-4(6(11)5(12)2-3)7(18)8(13,14)9(15,16)17/h1-2H. The molecule has 0 heterocycles. The Balaban J connectivity index is 3.37. The van der Waals surface area contributed by atoms with E-state index >= 15 is 0 Å². The molecule has 1 aromatic carbocycles. The first-order valence-corrected chi connectivity index (χ1v) is 4.88. The molecule has 9 heteroatoms. The largest absolute Gasteiger partial charge is 0.461 e. The van der Waals surface area contributed by atoms with Crippen LogP contribution >= 0.6 is 23.2 Å². The van der Waals surface area contributed by atoms with Crippen molar-refractivity contribution in [1.29, 1.82) is 0 Å². The number of rotatable bonds is 2. The SMILES string of the molecule is O=C(c1cc(Cl)cc(F)c1Cl)C(F)(F)C(F)(F)F. The summed E-state index contributed by atoms with van der Waals surface area (Å²) >= 11 is 10.4. The van der Waals surface area contributed by atoms with Crippen LogP contribution in [0.3, 0.4) is 0 Å². The van der Waals surface area contributed by atoms with E-state index in [0.717, 1.165) is 0 Å². The van der Waals surface area contributed by atoms with Crippen LogP contribution in [0, 0.1) is 5.82 Å². The Morgan fingerprint density at radius 1 is 1.06 bits per heavy atom. The van der Waals surface area contributed by atoms with Crippen LogP contribution in [-0.4, -0.2) is 17.9 Å². The Labute approximate surface area is 106 Å². The number of carbonyl (C=O) groups is 1. The highest BCUT2D eigenvalue weighted by Gasteiger charge is 2.63. The van der Waals surface area contributed by atoms with Gasteiger partial charge in [-0.05, 0) is 12.1 Å². The van der Waals surface area contributed by atoms with Crippen molar-refractivity contribution in [3.8, 4) is 0 Å². The second kappa shape index (κ2) is 4.62. The molecule has 18 heavy (non-hydrogen) atoms. The van der Waals surface area contributed by atoms with Gasteiger partial charge in [0.15, 0.2) is 0 Å². The molecule has 0 aromatic heterocycles. The highest BCUT2D eigenvalue weighted by atomic mass is 35.5. The summed E-state index contributed by atoms with van der Waals surface area (Å²) in [5.74, 6) is -9.71. The molecule has 0 N–H and O–H groups in total. The van der Waals surface area contributed by atoms with E-state index in [1.165, 1.54) is 0 Å². The molecule has 1 nitrogen and oxygen atoms in total. The first kappa shape index (κ1) is 15.1. The second-order valence-corrected chi connectivity index (χ2v) is 3.96. The van der Waals surface area contributed by atoms with Gasteiger partial charge in [-0.2, -0.15) is 22.0 Å². The molecule has 0 unspecified atom stereocenters. The highest BCUT2D eigenvalue weighted by molar-refractivity contribution is 6.36. The predicted octanol–water partition coefficient (Wildman–Crippen LogP) is 4.51. The molecular formula is C9H2Cl2F6O. The van der Waals surface area contributed by atoms with Crippen LogP contribution in [-0.2, 0) is 0 Å². The van der Waals surface area contributed by atoms with Gasteiger partial charge in [-0.15, -0.1) is 0 Å². The van der Waals surface area contributed by atoms with E-state index in [2.05, 4.69) is 0 Å². The quantitative estimate of drug-likeness (QED) is 0.446. The topological polar surface area (TPSA) is 17.1 Å². The summed E-state index contributed by atoms with van der Waals surface area (Å²) in [4.78, 5) is 11.1. The van der Waals surface area contributed by atoms with Crippen molar-refractivity contribution in [2.75, 3.05) is 0 Å². The fourth-order valence-corrected chi connectivity index (χ4v) is 1.42. The van der Waals surface area contributed by atoms with E-state index < -0.39 is 39.3 Å². The summed E-state index contributed by atoms with van der Waals surface area (Å²) in [6.07, 6.45) is -6.10. The zero-order valence-corrected chi connectivity index (χ0v) is 9.60. The number of hydrogen-bond acceptors (Lipinski definition) is 1. The lowest BCUT2D eigenvalue weighted by Crippen LogP contribution is -2.44. The molecule has 0 aliphatic carbocycles. The van der Waals surface area contributed by atoms with Crippen LogP contribution in [0.25, 0.3) is 0 Å². The molecule has 0 saturated heterocycles. The van der Waals surface area contributed by atoms with Gasteiger partial charge in [-0.1, -0.05) is 23.2 Å². The van der Waals surface area contributed by atoms with Crippen molar-refractivity contribution in [3.63, 3.8) is 0 Å². The summed E-state index contributed by atoms with van der Waals surface area (Å²) in [7, 11) is 0. The number of benzene rings is 1. The number of Topliss-reactive ketones (excluding diaryl/α,β-unsaturated/α-hetero) is 1. The van der Waals surface area contributed by atoms with Gasteiger partial charge in [0.05, 0.1) is 5.02 Å². The maximum Gasteiger partial charge on any atom is 0.461 e. The van der Waals surface area contributed by atoms with E-state index in [0.29, 0.717) is 12.1 Å². The summed E-state index contributed by atoms with van der Waals surface area (Å²) in [5, 5.41) is -1.67. The third-order valence-electron chi connectivity index (χ3n) is 1.88. The summed E-state index contributed by atoms with van der Waals surface area (Å²) in [5.41, 5.74) is -1.33. The first-order chi connectivity index (χ1) is 7.98. The Morgan fingerprint density at radius 3 is 2.00 bits per heavy atom. The minimum absolute atomic E-state index is 0.439. The average molecular weight is 311 g/mol. The summed E-state index contributed by atoms with van der Waals surface area (Å²) < 4.78 is 74.4. The van der Waals surface area contributed by atoms with E-state index in [4.69, 9.17) is 23.2 Å². The molecule has 0 aliphatic heterocycles. The maximum atomic E-state index is 13.0. The van der Waals surface area contributed by atoms with Crippen molar-refractivity contribution < 1.29 is 31.1 Å². The molecule has 0 aliphatic rings. The summed E-state index contributed by atoms with van der Waals surface area (Å²) in [6.45, 7) is 0. The van der Waals surface area contributed by atoms with Crippen LogP contribution in [0.15, 0.2) is 12.1 Å². The monoisotopic (exact) mass is 310 g/mol. The van der Waals surface area contributed by atoms with Crippen LogP contribution in [0.5, 0.6) is 0 Å². The Kier molecular flexibility index (Phi) is 3.88. The van der Waals surface area contributed by atoms with E-state index in [9.17, 15) is 31.1 Å². The first-order valence-electron chi connectivity index (χ1n) is 4.12. The molecule has 0 bridgehead atoms. The zero-order chi connectivity index (χ0) is 14.3. The molecule has 0 spiro atoms. The van der Waals surface area contributed by atoms with Gasteiger partial charge in [-0.25, -0.2) is 4.39 Å². The normalized spacial score (nSPS) is 12.7. The van der Waals surface area contributed by atoms with Crippen molar-refractivity contribution >= 4 is 29.0 Å². The second-order valence-electron chi connectivity index (χ2n) is 3.15. The minimum Gasteiger partial charge on any atom is -0.287 e. The van der Waals surface area contributed by atoms with Crippen LogP contribution in [0.4, 0.5) is 26.3 Å². The molecule has 1 rings (SSSR count). The van der Waals surface area contributed by atoms with Gasteiger partial charge in [0, 0.05) is 10.6 Å². The lowest BCUT2D eigenvalue weighted by molar-refractivity contribution is -0.255. The zero-order valence-electron chi connectivity index (χ0n) is 8.09. The van der Waals surface area contributed by atoms with Gasteiger partial charge in [0.2, 0.25) is 5.78 Å². The Morgan fingerprint density at radius 2 is 1.56 bits per heavy atom. The lowest BCUT2D eigenvalue weighted by Gasteiger charge is -2.18. The van der Waals surface area contributed by atoms with E-state index in [-0.39, 0.29) is 0 Å². The molecule has 0 atom stereocenters. The van der Waals surface area contributed by atoms with Gasteiger partial charge in [0.25, 0.3) is 0 Å². The van der Waals surface area contributed by atoms with Crippen molar-refractivity contribution in [1.82, 2.24) is 0 Å². The van der Waals surface area contributed by atoms with E-state index in [1.54, 1.807) is 0 Å². The van der Waals surface area contributed by atoms with Crippen molar-refractivity contribution in [2.45, 2.75) is 12.1 Å². The van der Waals surface area contributed by atoms with Gasteiger partial charge in [-0.3, -0.25) is 4.79 Å². The number of alkyl halides is 5. The smallest absolute Gasteiger partial charge is 0.287 e. The number of halogens is 8. The van der Waals surface area contributed by atoms with E-state index in [1.807, 2.05) is 0 Å². The van der Waals surface area contributed by atoms with Gasteiger partial charge in [0.1, 0.15) is 5.82 Å². The molecular weight excluding hydrogens is 309 g/mol. The van der Waals surface area contributed by atoms with Crippen molar-refractivity contribution in [3.05, 3.63) is 33.6 Å². The van der Waals surface area contributed by atoms with Gasteiger partial charge < -0.3 is 0 Å². The molecule has 0 radical (unpaired) electrons. The fraction of sp³-hybridized carbons (Fsp3) is 0.222. The average Bonchev–Trinajstić information content (AvgIpc) is 2.20. The molecule has 1 aromatic rings. The fourth-order valence-electron chi connectivity index (χ4n) is 1.02. The summed E-state index contributed by atoms with van der Waals surface area (Å²) in [6, 6.07) is 1.02. The molecule has 0 amide bonds.